The minimum absolute atomic E-state index is 0.0430. The lowest BCUT2D eigenvalue weighted by molar-refractivity contribution is -0.889. The van der Waals surface area contributed by atoms with Crippen LogP contribution in [0.15, 0.2) is 24.3 Å². The number of unbranched alkanes of at least 4 members (excludes halogenated alkanes) is 24. The Bertz CT molecular complexity index is 973. The van der Waals surface area contributed by atoms with Gasteiger partial charge in [0.25, 0.3) is 0 Å². The molecule has 0 fully saturated rings. The van der Waals surface area contributed by atoms with Crippen LogP contribution in [0, 0.1) is 0 Å². The number of rotatable bonds is 42. The summed E-state index contributed by atoms with van der Waals surface area (Å²) >= 11 is 0. The first-order valence-electron chi connectivity index (χ1n) is 23.4. The molecule has 8 nitrogen and oxygen atoms in total. The molecule has 0 radical (unpaired) electrons. The van der Waals surface area contributed by atoms with E-state index in [9.17, 15) is 19.5 Å². The third-order valence-corrected chi connectivity index (χ3v) is 10.6. The van der Waals surface area contributed by atoms with E-state index in [1.807, 2.05) is 0 Å². The zero-order chi connectivity index (χ0) is 41.4. The highest BCUT2D eigenvalue weighted by atomic mass is 16.6. The fourth-order valence-electron chi connectivity index (χ4n) is 6.93. The van der Waals surface area contributed by atoms with Crippen molar-refractivity contribution in [2.45, 2.75) is 225 Å². The van der Waals surface area contributed by atoms with E-state index in [0.29, 0.717) is 12.8 Å². The molecule has 0 saturated heterocycles. The van der Waals surface area contributed by atoms with Gasteiger partial charge in [0.2, 0.25) is 0 Å². The first-order valence-corrected chi connectivity index (χ1v) is 23.4. The first kappa shape index (κ1) is 53.8. The van der Waals surface area contributed by atoms with Crippen LogP contribution in [0.2, 0.25) is 0 Å². The van der Waals surface area contributed by atoms with Crippen molar-refractivity contribution < 1.29 is 38.2 Å². The third-order valence-electron chi connectivity index (χ3n) is 10.6. The zero-order valence-electron chi connectivity index (χ0n) is 37.3. The molecule has 0 aromatic rings. The number of nitrogens with zero attached hydrogens (tertiary/aromatic N) is 1. The molecular formula is C48H89NO7. The van der Waals surface area contributed by atoms with Gasteiger partial charge < -0.3 is 28.6 Å². The molecule has 0 amide bonds. The second-order valence-electron chi connectivity index (χ2n) is 17.0. The molecule has 0 heterocycles. The van der Waals surface area contributed by atoms with Gasteiger partial charge in [0.15, 0.2) is 6.10 Å². The Kier molecular flexibility index (Phi) is 38.1. The van der Waals surface area contributed by atoms with Gasteiger partial charge in [-0.05, 0) is 44.9 Å². The lowest BCUT2D eigenvalue weighted by Crippen LogP contribution is -2.55. The zero-order valence-corrected chi connectivity index (χ0v) is 37.3. The molecule has 0 bridgehead atoms. The predicted octanol–water partition coefficient (Wildman–Crippen LogP) is 11.5. The smallest absolute Gasteiger partial charge is 0.306 e. The molecule has 2 unspecified atom stereocenters. The lowest BCUT2D eigenvalue weighted by Gasteiger charge is -2.34. The molecule has 0 rings (SSSR count). The van der Waals surface area contributed by atoms with Crippen LogP contribution >= 0.6 is 0 Å². The number of hydrogen-bond acceptors (Lipinski definition) is 7. The number of aliphatic carboxylic acids is 1. The normalized spacial score (nSPS) is 13.1. The van der Waals surface area contributed by atoms with Gasteiger partial charge in [0, 0.05) is 19.3 Å². The molecule has 0 aliphatic heterocycles. The Labute approximate surface area is 345 Å². The maximum absolute atomic E-state index is 12.7. The van der Waals surface area contributed by atoms with Crippen molar-refractivity contribution in [2.75, 3.05) is 41.0 Å². The van der Waals surface area contributed by atoms with Gasteiger partial charge in [0.1, 0.15) is 12.6 Å². The molecule has 2 atom stereocenters. The summed E-state index contributed by atoms with van der Waals surface area (Å²) in [4.78, 5) is 36.8. The van der Waals surface area contributed by atoms with E-state index in [-0.39, 0.29) is 42.7 Å². The van der Waals surface area contributed by atoms with Crippen LogP contribution in [0.4, 0.5) is 0 Å². The van der Waals surface area contributed by atoms with E-state index in [2.05, 4.69) is 38.2 Å². The maximum Gasteiger partial charge on any atom is 0.306 e. The molecule has 0 N–H and O–H groups in total. The van der Waals surface area contributed by atoms with Crippen molar-refractivity contribution in [3.63, 3.8) is 0 Å². The van der Waals surface area contributed by atoms with Crippen molar-refractivity contribution in [3.05, 3.63) is 24.3 Å². The van der Waals surface area contributed by atoms with Gasteiger partial charge in [-0.3, -0.25) is 9.59 Å². The molecule has 8 heteroatoms. The largest absolute Gasteiger partial charge is 0.544 e. The molecule has 0 spiro atoms. The third kappa shape index (κ3) is 37.4. The van der Waals surface area contributed by atoms with Crippen LogP contribution in [0.3, 0.4) is 0 Å². The number of carbonyl (C=O) groups is 3. The average Bonchev–Trinajstić information content (AvgIpc) is 3.15. The van der Waals surface area contributed by atoms with Crippen molar-refractivity contribution in [1.82, 2.24) is 0 Å². The number of likely N-dealkylation sites (N-methyl/N-ethyl adjacent to an activating group) is 1. The highest BCUT2D eigenvalue weighted by molar-refractivity contribution is 5.70. The molecule has 56 heavy (non-hydrogen) atoms. The number of carbonyl (C=O) groups excluding carboxylic acids is 3. The number of quaternary nitrogens is 1. The van der Waals surface area contributed by atoms with Crippen molar-refractivity contribution in [2.24, 2.45) is 0 Å². The number of carboxylic acids is 1. The summed E-state index contributed by atoms with van der Waals surface area (Å²) in [5, 5.41) is 11.6. The van der Waals surface area contributed by atoms with Crippen LogP contribution in [-0.4, -0.2) is 75.5 Å². The highest BCUT2D eigenvalue weighted by Gasteiger charge is 2.25. The van der Waals surface area contributed by atoms with Crippen LogP contribution < -0.4 is 5.11 Å². The Balaban J connectivity index is 4.25. The van der Waals surface area contributed by atoms with Crippen LogP contribution in [0.25, 0.3) is 0 Å². The minimum Gasteiger partial charge on any atom is -0.544 e. The number of ether oxygens (including phenoxy) is 3. The summed E-state index contributed by atoms with van der Waals surface area (Å²) in [6, 6.07) is -0.723. The number of allylic oxidation sites excluding steroid dienone is 4. The summed E-state index contributed by atoms with van der Waals surface area (Å²) < 4.78 is 17.2. The molecule has 0 aliphatic carbocycles. The Morgan fingerprint density at radius 2 is 0.946 bits per heavy atom. The quantitative estimate of drug-likeness (QED) is 0.0262. The van der Waals surface area contributed by atoms with Crippen molar-refractivity contribution in [3.8, 4) is 0 Å². The topological polar surface area (TPSA) is 102 Å². The Morgan fingerprint density at radius 3 is 1.38 bits per heavy atom. The second kappa shape index (κ2) is 39.6. The second-order valence-corrected chi connectivity index (χ2v) is 17.0. The summed E-state index contributed by atoms with van der Waals surface area (Å²) in [6.45, 7) is 4.66. The Morgan fingerprint density at radius 1 is 0.536 bits per heavy atom. The number of hydrogen-bond donors (Lipinski definition) is 0. The summed E-state index contributed by atoms with van der Waals surface area (Å²) in [5.41, 5.74) is 0. The summed E-state index contributed by atoms with van der Waals surface area (Å²) in [7, 11) is 5.41. The van der Waals surface area contributed by atoms with Gasteiger partial charge in [-0.1, -0.05) is 173 Å². The lowest BCUT2D eigenvalue weighted by atomic mass is 10.1. The van der Waals surface area contributed by atoms with Gasteiger partial charge in [-0.2, -0.15) is 0 Å². The average molecular weight is 792 g/mol. The van der Waals surface area contributed by atoms with Crippen LogP contribution in [0.5, 0.6) is 0 Å². The van der Waals surface area contributed by atoms with Crippen LogP contribution in [-0.2, 0) is 28.6 Å². The van der Waals surface area contributed by atoms with Gasteiger partial charge in [-0.15, -0.1) is 0 Å². The van der Waals surface area contributed by atoms with Crippen molar-refractivity contribution >= 4 is 17.9 Å². The Hall–Kier alpha value is -2.19. The summed E-state index contributed by atoms with van der Waals surface area (Å²) in [5.74, 6) is -1.73. The number of carboxylic acid groups (broad SMARTS) is 1. The first-order chi connectivity index (χ1) is 27.1. The standard InChI is InChI=1S/C48H89NO7/c1-6-8-10-12-14-16-18-19-20-21-22-23-24-25-26-27-29-31-33-35-37-39-47(51)56-44(42-54-41-40-45(48(52)53)49(3,4)5)43-55-46(50)38-36-34-32-30-28-17-15-13-11-9-7-2/h18-19,21-22,44-45H,6-17,20,23-43H2,1-5H3/b19-18-,22-21-. The van der Waals surface area contributed by atoms with E-state index in [4.69, 9.17) is 14.2 Å². The van der Waals surface area contributed by atoms with Gasteiger partial charge in [0.05, 0.1) is 40.3 Å². The summed E-state index contributed by atoms with van der Waals surface area (Å²) in [6.07, 6.45) is 43.4. The predicted molar refractivity (Wildman–Crippen MR) is 231 cm³/mol. The maximum atomic E-state index is 12.7. The van der Waals surface area contributed by atoms with Gasteiger partial charge >= 0.3 is 11.9 Å². The SMILES string of the molecule is CCCCCCC/C=C\C/C=C\CCCCCCCCCCCC(=O)OC(COCCC(C(=O)[O-])[N+](C)(C)C)COC(=O)CCCCCCCCCCCCC. The molecule has 0 aliphatic rings. The fourth-order valence-corrected chi connectivity index (χ4v) is 6.93. The van der Waals surface area contributed by atoms with E-state index in [1.165, 1.54) is 135 Å². The molecular weight excluding hydrogens is 703 g/mol. The molecule has 0 aromatic carbocycles. The minimum atomic E-state index is -1.12. The van der Waals surface area contributed by atoms with E-state index < -0.39 is 18.1 Å². The van der Waals surface area contributed by atoms with Gasteiger partial charge in [-0.25, -0.2) is 0 Å². The molecule has 0 aromatic heterocycles. The molecule has 328 valence electrons. The molecule has 0 saturated carbocycles. The van der Waals surface area contributed by atoms with E-state index >= 15 is 0 Å². The number of esters is 2. The monoisotopic (exact) mass is 792 g/mol. The van der Waals surface area contributed by atoms with Crippen molar-refractivity contribution in [1.29, 1.82) is 0 Å². The highest BCUT2D eigenvalue weighted by Crippen LogP contribution is 2.15. The van der Waals surface area contributed by atoms with E-state index in [0.717, 1.165) is 44.9 Å². The van der Waals surface area contributed by atoms with Crippen LogP contribution in [0.1, 0.15) is 213 Å². The fraction of sp³-hybridized carbons (Fsp3) is 0.854. The van der Waals surface area contributed by atoms with E-state index in [1.54, 1.807) is 21.1 Å².